The number of hydrogen-bond acceptors (Lipinski definition) is 3. The number of Topliss-reactive ketones (excluding diaryl/α,β-unsaturated/α-hetero) is 1. The molecule has 4 heteroatoms. The number of ether oxygens (including phenoxy) is 1. The lowest BCUT2D eigenvalue weighted by Crippen LogP contribution is -2.21. The van der Waals surface area contributed by atoms with Gasteiger partial charge in [-0.3, -0.25) is 4.79 Å². The van der Waals surface area contributed by atoms with Gasteiger partial charge in [-0.1, -0.05) is 18.2 Å². The summed E-state index contributed by atoms with van der Waals surface area (Å²) in [5.41, 5.74) is 1.55. The second-order valence-corrected chi connectivity index (χ2v) is 4.92. The Hall–Kier alpha value is -1.55. The summed E-state index contributed by atoms with van der Waals surface area (Å²) in [6.07, 6.45) is 2.22. The SMILES string of the molecule is O=C(c1ccoc1Br)C1CCOc2ccccc21. The summed E-state index contributed by atoms with van der Waals surface area (Å²) in [6.45, 7) is 0.572. The van der Waals surface area contributed by atoms with E-state index in [4.69, 9.17) is 9.15 Å². The molecule has 1 atom stereocenters. The third-order valence-corrected chi connectivity index (χ3v) is 3.77. The van der Waals surface area contributed by atoms with Crippen LogP contribution in [0.25, 0.3) is 0 Å². The largest absolute Gasteiger partial charge is 0.493 e. The summed E-state index contributed by atoms with van der Waals surface area (Å²) in [5, 5.41) is 0. The molecule has 2 aromatic rings. The van der Waals surface area contributed by atoms with E-state index in [-0.39, 0.29) is 11.7 Å². The van der Waals surface area contributed by atoms with Gasteiger partial charge in [0.1, 0.15) is 5.75 Å². The molecule has 0 amide bonds. The van der Waals surface area contributed by atoms with Gasteiger partial charge < -0.3 is 9.15 Å². The van der Waals surface area contributed by atoms with E-state index >= 15 is 0 Å². The van der Waals surface area contributed by atoms with Crippen LogP contribution in [0.15, 0.2) is 45.7 Å². The van der Waals surface area contributed by atoms with Crippen molar-refractivity contribution in [1.29, 1.82) is 0 Å². The number of furan rings is 1. The summed E-state index contributed by atoms with van der Waals surface area (Å²) >= 11 is 3.25. The summed E-state index contributed by atoms with van der Waals surface area (Å²) < 4.78 is 11.2. The number of rotatable bonds is 2. The van der Waals surface area contributed by atoms with Crippen molar-refractivity contribution in [2.75, 3.05) is 6.61 Å². The highest BCUT2D eigenvalue weighted by Crippen LogP contribution is 2.36. The monoisotopic (exact) mass is 306 g/mol. The van der Waals surface area contributed by atoms with Crippen molar-refractivity contribution in [3.05, 3.63) is 52.4 Å². The van der Waals surface area contributed by atoms with Crippen LogP contribution in [0.4, 0.5) is 0 Å². The van der Waals surface area contributed by atoms with Gasteiger partial charge in [-0.25, -0.2) is 0 Å². The standard InChI is InChI=1S/C14H11BrO3/c15-14-11(6-8-18-14)13(16)10-5-7-17-12-4-2-1-3-9(10)12/h1-4,6,8,10H,5,7H2. The average molecular weight is 307 g/mol. The van der Waals surface area contributed by atoms with Gasteiger partial charge >= 0.3 is 0 Å². The number of fused-ring (bicyclic) bond motifs is 1. The Bertz CT molecular complexity index is 588. The van der Waals surface area contributed by atoms with Gasteiger partial charge in [0.05, 0.1) is 24.4 Å². The van der Waals surface area contributed by atoms with Crippen LogP contribution in [0.5, 0.6) is 5.75 Å². The first-order valence-corrected chi connectivity index (χ1v) is 6.55. The lowest BCUT2D eigenvalue weighted by atomic mass is 9.87. The van der Waals surface area contributed by atoms with Crippen LogP contribution in [-0.2, 0) is 0 Å². The summed E-state index contributed by atoms with van der Waals surface area (Å²) in [6, 6.07) is 9.40. The molecule has 0 radical (unpaired) electrons. The average Bonchev–Trinajstić information content (AvgIpc) is 2.83. The van der Waals surface area contributed by atoms with Crippen LogP contribution in [0.3, 0.4) is 0 Å². The Morgan fingerprint density at radius 2 is 2.11 bits per heavy atom. The van der Waals surface area contributed by atoms with E-state index in [0.29, 0.717) is 23.3 Å². The molecule has 1 aliphatic rings. The zero-order chi connectivity index (χ0) is 12.5. The summed E-state index contributed by atoms with van der Waals surface area (Å²) in [5.74, 6) is 0.733. The molecule has 3 nitrogen and oxygen atoms in total. The predicted octanol–water partition coefficient (Wildman–Crippen LogP) is 3.79. The molecule has 0 saturated carbocycles. The number of benzene rings is 1. The first-order chi connectivity index (χ1) is 8.77. The number of halogens is 1. The maximum absolute atomic E-state index is 12.5. The molecule has 3 rings (SSSR count). The molecule has 1 aromatic heterocycles. The summed E-state index contributed by atoms with van der Waals surface area (Å²) in [4.78, 5) is 12.5. The van der Waals surface area contributed by atoms with E-state index < -0.39 is 0 Å². The fourth-order valence-electron chi connectivity index (χ4n) is 2.27. The second kappa shape index (κ2) is 4.61. The van der Waals surface area contributed by atoms with Gasteiger partial charge in [0.2, 0.25) is 0 Å². The molecule has 92 valence electrons. The molecule has 0 fully saturated rings. The van der Waals surface area contributed by atoms with E-state index in [1.165, 1.54) is 6.26 Å². The quantitative estimate of drug-likeness (QED) is 0.792. The number of carbonyl (C=O) groups is 1. The Morgan fingerprint density at radius 1 is 1.28 bits per heavy atom. The predicted molar refractivity (Wildman–Crippen MR) is 70.0 cm³/mol. The van der Waals surface area contributed by atoms with Crippen LogP contribution in [0.1, 0.15) is 28.3 Å². The van der Waals surface area contributed by atoms with Gasteiger partial charge in [0.25, 0.3) is 0 Å². The summed E-state index contributed by atoms with van der Waals surface area (Å²) in [7, 11) is 0. The van der Waals surface area contributed by atoms with Gasteiger partial charge in [-0.2, -0.15) is 0 Å². The van der Waals surface area contributed by atoms with Crippen LogP contribution in [0.2, 0.25) is 0 Å². The number of hydrogen-bond donors (Lipinski definition) is 0. The fraction of sp³-hybridized carbons (Fsp3) is 0.214. The smallest absolute Gasteiger partial charge is 0.179 e. The van der Waals surface area contributed by atoms with Crippen molar-refractivity contribution in [3.8, 4) is 5.75 Å². The minimum Gasteiger partial charge on any atom is -0.493 e. The molecular weight excluding hydrogens is 296 g/mol. The lowest BCUT2D eigenvalue weighted by Gasteiger charge is -2.24. The second-order valence-electron chi connectivity index (χ2n) is 4.20. The maximum atomic E-state index is 12.5. The van der Waals surface area contributed by atoms with Crippen LogP contribution >= 0.6 is 15.9 Å². The van der Waals surface area contributed by atoms with Crippen molar-refractivity contribution in [3.63, 3.8) is 0 Å². The molecule has 1 aliphatic heterocycles. The van der Waals surface area contributed by atoms with E-state index in [2.05, 4.69) is 15.9 Å². The Morgan fingerprint density at radius 3 is 2.89 bits per heavy atom. The molecule has 2 heterocycles. The van der Waals surface area contributed by atoms with E-state index in [1.54, 1.807) is 6.07 Å². The molecule has 18 heavy (non-hydrogen) atoms. The third kappa shape index (κ3) is 1.86. The Kier molecular flexibility index (Phi) is 2.96. The number of carbonyl (C=O) groups excluding carboxylic acids is 1. The first kappa shape index (κ1) is 11.5. The highest BCUT2D eigenvalue weighted by Gasteiger charge is 2.29. The zero-order valence-corrected chi connectivity index (χ0v) is 11.1. The van der Waals surface area contributed by atoms with Gasteiger partial charge in [-0.15, -0.1) is 0 Å². The van der Waals surface area contributed by atoms with Crippen molar-refractivity contribution in [2.45, 2.75) is 12.3 Å². The number of para-hydroxylation sites is 1. The number of ketones is 1. The Balaban J connectivity index is 2.00. The van der Waals surface area contributed by atoms with Crippen LogP contribution in [0, 0.1) is 0 Å². The fourth-order valence-corrected chi connectivity index (χ4v) is 2.71. The van der Waals surface area contributed by atoms with Crippen LogP contribution in [-0.4, -0.2) is 12.4 Å². The van der Waals surface area contributed by atoms with E-state index in [0.717, 1.165) is 11.3 Å². The van der Waals surface area contributed by atoms with Gasteiger partial charge in [0, 0.05) is 5.56 Å². The maximum Gasteiger partial charge on any atom is 0.179 e. The molecule has 0 aliphatic carbocycles. The molecule has 0 N–H and O–H groups in total. The van der Waals surface area contributed by atoms with Crippen molar-refractivity contribution in [2.24, 2.45) is 0 Å². The minimum absolute atomic E-state index is 0.0753. The zero-order valence-electron chi connectivity index (χ0n) is 9.56. The van der Waals surface area contributed by atoms with Gasteiger partial charge in [0.15, 0.2) is 10.5 Å². The van der Waals surface area contributed by atoms with Crippen molar-refractivity contribution in [1.82, 2.24) is 0 Å². The highest BCUT2D eigenvalue weighted by molar-refractivity contribution is 9.10. The van der Waals surface area contributed by atoms with Crippen molar-refractivity contribution >= 4 is 21.7 Å². The molecule has 0 spiro atoms. The molecule has 1 aromatic carbocycles. The van der Waals surface area contributed by atoms with Crippen molar-refractivity contribution < 1.29 is 13.9 Å². The van der Waals surface area contributed by atoms with Gasteiger partial charge in [-0.05, 0) is 34.5 Å². The topological polar surface area (TPSA) is 39.4 Å². The molecule has 1 unspecified atom stereocenters. The highest BCUT2D eigenvalue weighted by atomic mass is 79.9. The lowest BCUT2D eigenvalue weighted by molar-refractivity contribution is 0.0931. The van der Waals surface area contributed by atoms with E-state index in [9.17, 15) is 4.79 Å². The normalized spacial score (nSPS) is 17.9. The molecule has 0 bridgehead atoms. The molecule has 0 saturated heterocycles. The first-order valence-electron chi connectivity index (χ1n) is 5.76. The molecular formula is C14H11BrO3. The minimum atomic E-state index is -0.149. The van der Waals surface area contributed by atoms with E-state index in [1.807, 2.05) is 24.3 Å². The Labute approximate surface area is 113 Å². The van der Waals surface area contributed by atoms with Crippen LogP contribution < -0.4 is 4.74 Å². The third-order valence-electron chi connectivity index (χ3n) is 3.16.